The fourth-order valence-electron chi connectivity index (χ4n) is 1.90. The van der Waals surface area contributed by atoms with E-state index in [4.69, 9.17) is 0 Å². The van der Waals surface area contributed by atoms with Gasteiger partial charge in [-0.3, -0.25) is 0 Å². The maximum atomic E-state index is 10.9. The molecule has 0 aromatic carbocycles. The number of rotatable bonds is 4. The Hall–Kier alpha value is -3.37. The lowest BCUT2D eigenvalue weighted by Gasteiger charge is -1.98. The summed E-state index contributed by atoms with van der Waals surface area (Å²) in [4.78, 5) is 18.5. The second-order valence-electron chi connectivity index (χ2n) is 4.29. The highest BCUT2D eigenvalue weighted by Gasteiger charge is 2.23. The molecule has 3 aromatic rings. The minimum atomic E-state index is -0.518. The lowest BCUT2D eigenvalue weighted by atomic mass is 10.5. The third-order valence-corrected chi connectivity index (χ3v) is 2.93. The van der Waals surface area contributed by atoms with Gasteiger partial charge in [0.15, 0.2) is 11.5 Å². The smallest absolute Gasteiger partial charge is 0.343 e. The van der Waals surface area contributed by atoms with Crippen molar-refractivity contribution >= 4 is 23.6 Å². The number of imidazole rings is 1. The van der Waals surface area contributed by atoms with Crippen LogP contribution in [0.1, 0.15) is 0 Å². The lowest BCUT2D eigenvalue weighted by Crippen LogP contribution is -2.03. The van der Waals surface area contributed by atoms with Gasteiger partial charge in [0, 0.05) is 7.05 Å². The first-order chi connectivity index (χ1) is 10.6. The molecule has 11 heteroatoms. The minimum Gasteiger partial charge on any atom is -0.379 e. The Morgan fingerprint density at radius 2 is 2.18 bits per heavy atom. The summed E-state index contributed by atoms with van der Waals surface area (Å²) in [5, 5.41) is 25.9. The van der Waals surface area contributed by atoms with Crippen molar-refractivity contribution < 1.29 is 4.92 Å². The second-order valence-corrected chi connectivity index (χ2v) is 4.29. The van der Waals surface area contributed by atoms with Crippen LogP contribution in [0.4, 0.5) is 11.6 Å². The summed E-state index contributed by atoms with van der Waals surface area (Å²) in [5.41, 5.74) is 0.490. The van der Waals surface area contributed by atoms with Crippen molar-refractivity contribution in [1.82, 2.24) is 34.7 Å². The maximum Gasteiger partial charge on any atom is 0.343 e. The van der Waals surface area contributed by atoms with Crippen molar-refractivity contribution in [3.05, 3.63) is 28.4 Å². The largest absolute Gasteiger partial charge is 0.379 e. The first-order valence-corrected chi connectivity index (χ1v) is 6.20. The molecule has 0 aliphatic rings. The van der Waals surface area contributed by atoms with E-state index in [1.165, 1.54) is 28.7 Å². The SMILES string of the molecule is CNC=Nc1ccc2nnc(-c3ncc([N+](=O)[O-])n3C)n2n1. The Morgan fingerprint density at radius 3 is 2.86 bits per heavy atom. The van der Waals surface area contributed by atoms with Gasteiger partial charge in [0.25, 0.3) is 5.82 Å². The van der Waals surface area contributed by atoms with Gasteiger partial charge in [-0.1, -0.05) is 0 Å². The van der Waals surface area contributed by atoms with E-state index in [0.717, 1.165) is 0 Å². The highest BCUT2D eigenvalue weighted by atomic mass is 16.6. The lowest BCUT2D eigenvalue weighted by molar-refractivity contribution is -0.391. The van der Waals surface area contributed by atoms with Gasteiger partial charge in [-0.25, -0.2) is 14.5 Å². The zero-order chi connectivity index (χ0) is 15.7. The summed E-state index contributed by atoms with van der Waals surface area (Å²) in [6.45, 7) is 0. The summed E-state index contributed by atoms with van der Waals surface area (Å²) in [7, 11) is 3.25. The highest BCUT2D eigenvalue weighted by Crippen LogP contribution is 2.21. The monoisotopic (exact) mass is 301 g/mol. The van der Waals surface area contributed by atoms with Crippen LogP contribution in [0.25, 0.3) is 17.3 Å². The van der Waals surface area contributed by atoms with E-state index in [0.29, 0.717) is 23.1 Å². The molecule has 0 aliphatic carbocycles. The highest BCUT2D eigenvalue weighted by molar-refractivity contribution is 5.60. The van der Waals surface area contributed by atoms with Gasteiger partial charge < -0.3 is 15.4 Å². The van der Waals surface area contributed by atoms with Crippen LogP contribution in [0.15, 0.2) is 23.3 Å². The number of nitro groups is 1. The van der Waals surface area contributed by atoms with Gasteiger partial charge in [-0.05, 0) is 17.1 Å². The van der Waals surface area contributed by atoms with Crippen molar-refractivity contribution in [2.24, 2.45) is 12.0 Å². The van der Waals surface area contributed by atoms with E-state index in [2.05, 4.69) is 30.6 Å². The third kappa shape index (κ3) is 2.13. The molecule has 1 N–H and O–H groups in total. The van der Waals surface area contributed by atoms with E-state index < -0.39 is 4.92 Å². The van der Waals surface area contributed by atoms with Crippen LogP contribution < -0.4 is 5.32 Å². The van der Waals surface area contributed by atoms with Crippen LogP contribution in [-0.4, -0.2) is 47.7 Å². The Bertz CT molecular complexity index is 879. The van der Waals surface area contributed by atoms with Crippen molar-refractivity contribution in [2.45, 2.75) is 0 Å². The first kappa shape index (κ1) is 13.6. The normalized spacial score (nSPS) is 11.4. The summed E-state index contributed by atoms with van der Waals surface area (Å²) in [5.74, 6) is 0.885. The molecule has 0 fully saturated rings. The molecule has 0 saturated carbocycles. The van der Waals surface area contributed by atoms with Gasteiger partial charge in [-0.2, -0.15) is 4.52 Å². The van der Waals surface area contributed by atoms with Crippen molar-refractivity contribution in [3.8, 4) is 11.6 Å². The van der Waals surface area contributed by atoms with Gasteiger partial charge >= 0.3 is 5.82 Å². The Labute approximate surface area is 123 Å². The average Bonchev–Trinajstić information content (AvgIpc) is 3.07. The van der Waals surface area contributed by atoms with Crippen LogP contribution in [-0.2, 0) is 7.05 Å². The van der Waals surface area contributed by atoms with Crippen molar-refractivity contribution in [3.63, 3.8) is 0 Å². The molecule has 11 nitrogen and oxygen atoms in total. The van der Waals surface area contributed by atoms with Crippen LogP contribution in [0.2, 0.25) is 0 Å². The Balaban J connectivity index is 2.15. The number of fused-ring (bicyclic) bond motifs is 1. The van der Waals surface area contributed by atoms with E-state index in [1.807, 2.05) is 0 Å². The topological polar surface area (TPSA) is 128 Å². The van der Waals surface area contributed by atoms with Crippen molar-refractivity contribution in [2.75, 3.05) is 7.05 Å². The summed E-state index contributed by atoms with van der Waals surface area (Å²) >= 11 is 0. The minimum absolute atomic E-state index is 0.142. The van der Waals surface area contributed by atoms with E-state index in [9.17, 15) is 10.1 Å². The molecule has 0 spiro atoms. The fraction of sp³-hybridized carbons (Fsp3) is 0.182. The molecule has 0 bridgehead atoms. The van der Waals surface area contributed by atoms with Crippen LogP contribution >= 0.6 is 0 Å². The second kappa shape index (κ2) is 5.20. The van der Waals surface area contributed by atoms with E-state index in [1.54, 1.807) is 19.2 Å². The average molecular weight is 301 g/mol. The van der Waals surface area contributed by atoms with Crippen LogP contribution in [0.3, 0.4) is 0 Å². The summed E-state index contributed by atoms with van der Waals surface area (Å²) < 4.78 is 2.76. The van der Waals surface area contributed by atoms with E-state index in [-0.39, 0.29) is 5.82 Å². The maximum absolute atomic E-state index is 10.9. The zero-order valence-electron chi connectivity index (χ0n) is 11.7. The Morgan fingerprint density at radius 1 is 1.36 bits per heavy atom. The van der Waals surface area contributed by atoms with Crippen molar-refractivity contribution in [1.29, 1.82) is 0 Å². The van der Waals surface area contributed by atoms with Crippen LogP contribution in [0.5, 0.6) is 0 Å². The number of nitrogens with zero attached hydrogens (tertiary/aromatic N) is 8. The first-order valence-electron chi connectivity index (χ1n) is 6.20. The Kier molecular flexibility index (Phi) is 3.21. The summed E-state index contributed by atoms with van der Waals surface area (Å²) in [6.07, 6.45) is 2.66. The molecule has 22 heavy (non-hydrogen) atoms. The number of hydrogen-bond donors (Lipinski definition) is 1. The number of aromatic nitrogens is 6. The molecule has 3 rings (SSSR count). The molecule has 0 unspecified atom stereocenters. The molecule has 0 saturated heterocycles. The molecular weight excluding hydrogens is 290 g/mol. The van der Waals surface area contributed by atoms with Gasteiger partial charge in [0.05, 0.1) is 13.4 Å². The number of nitrogens with one attached hydrogen (secondary N) is 1. The van der Waals surface area contributed by atoms with Gasteiger partial charge in [-0.15, -0.1) is 15.3 Å². The van der Waals surface area contributed by atoms with E-state index >= 15 is 0 Å². The van der Waals surface area contributed by atoms with Crippen LogP contribution in [0, 0.1) is 10.1 Å². The van der Waals surface area contributed by atoms with Gasteiger partial charge in [0.1, 0.15) is 6.20 Å². The predicted octanol–water partition coefficient (Wildman–Crippen LogP) is 0.312. The molecule has 0 atom stereocenters. The summed E-state index contributed by atoms with van der Waals surface area (Å²) in [6, 6.07) is 3.38. The molecular formula is C11H11N9O2. The molecule has 0 aliphatic heterocycles. The molecule has 0 amide bonds. The van der Waals surface area contributed by atoms with Gasteiger partial charge in [0.2, 0.25) is 5.82 Å². The zero-order valence-corrected chi connectivity index (χ0v) is 11.7. The fourth-order valence-corrected chi connectivity index (χ4v) is 1.90. The number of aliphatic imine (C=N–C) groups is 1. The predicted molar refractivity (Wildman–Crippen MR) is 76.9 cm³/mol. The molecule has 3 heterocycles. The molecule has 112 valence electrons. The standard InChI is InChI=1S/C11H11N9O2/c1-12-6-14-7-3-4-8-15-16-11(19(8)17-7)10-13-5-9(18(10)2)20(21)22/h3-6H,1-2H3,(H,12,14,17). The molecule has 0 radical (unpaired) electrons. The third-order valence-electron chi connectivity index (χ3n) is 2.93. The quantitative estimate of drug-likeness (QED) is 0.318. The number of hydrogen-bond acceptors (Lipinski definition) is 7. The molecule has 3 aromatic heterocycles.